The van der Waals surface area contributed by atoms with Crippen molar-refractivity contribution in [3.8, 4) is 5.75 Å². The Kier molecular flexibility index (Phi) is 5.04. The van der Waals surface area contributed by atoms with Crippen LogP contribution in [0, 0.1) is 10.1 Å². The Morgan fingerprint density at radius 3 is 2.88 bits per heavy atom. The first-order valence-electron chi connectivity index (χ1n) is 4.89. The van der Waals surface area contributed by atoms with Gasteiger partial charge in [0.15, 0.2) is 5.75 Å². The molecule has 0 radical (unpaired) electrons. The van der Waals surface area contributed by atoms with E-state index in [4.69, 9.17) is 4.74 Å². The molecule has 2 rings (SSSR count). The molecule has 7 heteroatoms. The molecule has 1 saturated heterocycles. The van der Waals surface area contributed by atoms with Gasteiger partial charge in [-0.05, 0) is 11.6 Å². The van der Waals surface area contributed by atoms with Gasteiger partial charge in [0.2, 0.25) is 0 Å². The first-order chi connectivity index (χ1) is 7.72. The fourth-order valence-corrected chi connectivity index (χ4v) is 2.70. The molecule has 5 nitrogen and oxygen atoms in total. The first-order valence-corrected chi connectivity index (χ1v) is 5.94. The van der Waals surface area contributed by atoms with Crippen molar-refractivity contribution in [1.82, 2.24) is 5.32 Å². The third-order valence-corrected chi connectivity index (χ3v) is 3.63. The van der Waals surface area contributed by atoms with E-state index in [9.17, 15) is 10.1 Å². The van der Waals surface area contributed by atoms with Crippen LogP contribution in [0.15, 0.2) is 18.2 Å². The van der Waals surface area contributed by atoms with Crippen LogP contribution < -0.4 is 10.1 Å². The maximum Gasteiger partial charge on any atom is 0.311 e. The summed E-state index contributed by atoms with van der Waals surface area (Å²) < 4.78 is 4.96. The summed E-state index contributed by atoms with van der Waals surface area (Å²) >= 11 is 1.75. The minimum absolute atomic E-state index is 0. The fourth-order valence-electron chi connectivity index (χ4n) is 1.65. The molecule has 1 aromatic rings. The lowest BCUT2D eigenvalue weighted by molar-refractivity contribution is -0.385. The van der Waals surface area contributed by atoms with Crippen LogP contribution in [0.2, 0.25) is 0 Å². The van der Waals surface area contributed by atoms with Crippen LogP contribution in [-0.2, 0) is 0 Å². The molecule has 0 saturated carbocycles. The van der Waals surface area contributed by atoms with E-state index >= 15 is 0 Å². The molecule has 0 aromatic heterocycles. The van der Waals surface area contributed by atoms with Crippen molar-refractivity contribution < 1.29 is 9.66 Å². The summed E-state index contributed by atoms with van der Waals surface area (Å²) in [6.07, 6.45) is 0. The number of nitro benzene ring substituents is 1. The number of nitro groups is 1. The number of nitrogens with one attached hydrogen (secondary N) is 1. The lowest BCUT2D eigenvalue weighted by Gasteiger charge is -2.10. The van der Waals surface area contributed by atoms with Crippen molar-refractivity contribution >= 4 is 29.9 Å². The minimum Gasteiger partial charge on any atom is -0.490 e. The van der Waals surface area contributed by atoms with Gasteiger partial charge >= 0.3 is 5.69 Å². The smallest absolute Gasteiger partial charge is 0.311 e. The van der Waals surface area contributed by atoms with Gasteiger partial charge in [0.1, 0.15) is 0 Å². The van der Waals surface area contributed by atoms with Gasteiger partial charge in [0, 0.05) is 18.4 Å². The van der Waals surface area contributed by atoms with Crippen LogP contribution in [0.1, 0.15) is 10.9 Å². The van der Waals surface area contributed by atoms with Gasteiger partial charge in [-0.1, -0.05) is 6.07 Å². The Balaban J connectivity index is 0.00000144. The highest BCUT2D eigenvalue weighted by Crippen LogP contribution is 2.35. The van der Waals surface area contributed by atoms with Gasteiger partial charge < -0.3 is 10.1 Å². The molecular formula is C10H13ClN2O3S. The Labute approximate surface area is 109 Å². The number of halogens is 1. The molecule has 0 spiro atoms. The normalized spacial score (nSPS) is 18.5. The Morgan fingerprint density at radius 1 is 1.59 bits per heavy atom. The van der Waals surface area contributed by atoms with Crippen molar-refractivity contribution in [1.29, 1.82) is 0 Å². The number of benzene rings is 1. The molecular weight excluding hydrogens is 264 g/mol. The van der Waals surface area contributed by atoms with Gasteiger partial charge in [0.25, 0.3) is 0 Å². The molecule has 1 fully saturated rings. The van der Waals surface area contributed by atoms with Crippen LogP contribution in [0.5, 0.6) is 5.75 Å². The van der Waals surface area contributed by atoms with Gasteiger partial charge in [-0.3, -0.25) is 10.1 Å². The van der Waals surface area contributed by atoms with Crippen molar-refractivity contribution in [2.24, 2.45) is 0 Å². The van der Waals surface area contributed by atoms with Crippen LogP contribution in [0.4, 0.5) is 5.69 Å². The molecule has 94 valence electrons. The van der Waals surface area contributed by atoms with Crippen molar-refractivity contribution in [2.75, 3.05) is 19.4 Å². The maximum atomic E-state index is 10.8. The summed E-state index contributed by atoms with van der Waals surface area (Å²) in [5.74, 6) is 1.33. The van der Waals surface area contributed by atoms with E-state index in [2.05, 4.69) is 5.32 Å². The van der Waals surface area contributed by atoms with E-state index in [-0.39, 0.29) is 23.5 Å². The Morgan fingerprint density at radius 2 is 2.35 bits per heavy atom. The van der Waals surface area contributed by atoms with E-state index in [1.54, 1.807) is 23.9 Å². The molecule has 0 bridgehead atoms. The number of nitrogens with zero attached hydrogens (tertiary/aromatic N) is 1. The monoisotopic (exact) mass is 276 g/mol. The van der Waals surface area contributed by atoms with Gasteiger partial charge in [-0.2, -0.15) is 0 Å². The van der Waals surface area contributed by atoms with Gasteiger partial charge in [-0.25, -0.2) is 0 Å². The second-order valence-corrected chi connectivity index (χ2v) is 4.61. The Hall–Kier alpha value is -0.980. The number of methoxy groups -OCH3 is 1. The molecule has 1 heterocycles. The highest BCUT2D eigenvalue weighted by Gasteiger charge is 2.21. The molecule has 17 heavy (non-hydrogen) atoms. The Bertz CT molecular complexity index is 411. The fraction of sp³-hybridized carbons (Fsp3) is 0.400. The zero-order valence-corrected chi connectivity index (χ0v) is 10.8. The third kappa shape index (κ3) is 3.02. The van der Waals surface area contributed by atoms with Crippen molar-refractivity contribution in [3.05, 3.63) is 33.9 Å². The van der Waals surface area contributed by atoms with E-state index < -0.39 is 4.92 Å². The maximum absolute atomic E-state index is 10.8. The highest BCUT2D eigenvalue weighted by atomic mass is 35.5. The van der Waals surface area contributed by atoms with Gasteiger partial charge in [0.05, 0.1) is 17.4 Å². The molecule has 1 atom stereocenters. The van der Waals surface area contributed by atoms with Crippen LogP contribution in [-0.4, -0.2) is 24.3 Å². The van der Waals surface area contributed by atoms with E-state index in [1.807, 2.05) is 6.07 Å². The number of hydrogen-bond donors (Lipinski definition) is 1. The highest BCUT2D eigenvalue weighted by molar-refractivity contribution is 7.99. The summed E-state index contributed by atoms with van der Waals surface area (Å²) in [5, 5.41) is 14.3. The molecule has 1 unspecified atom stereocenters. The van der Waals surface area contributed by atoms with E-state index in [0.29, 0.717) is 5.75 Å². The van der Waals surface area contributed by atoms with E-state index in [1.165, 1.54) is 7.11 Å². The zero-order chi connectivity index (χ0) is 11.5. The topological polar surface area (TPSA) is 64.4 Å². The van der Waals surface area contributed by atoms with Crippen LogP contribution in [0.3, 0.4) is 0 Å². The van der Waals surface area contributed by atoms with Gasteiger partial charge in [-0.15, -0.1) is 24.2 Å². The van der Waals surface area contributed by atoms with E-state index in [0.717, 1.165) is 17.9 Å². The number of hydrogen-bond acceptors (Lipinski definition) is 5. The summed E-state index contributed by atoms with van der Waals surface area (Å²) in [4.78, 5) is 10.4. The molecule has 1 aromatic carbocycles. The SMILES string of the molecule is COc1ccc(C2NCCS2)cc1[N+](=O)[O-].Cl. The standard InChI is InChI=1S/C10H12N2O3S.ClH/c1-15-9-3-2-7(6-8(9)12(13)14)10-11-4-5-16-10;/h2-3,6,10-11H,4-5H2,1H3;1H. The lowest BCUT2D eigenvalue weighted by atomic mass is 10.2. The van der Waals surface area contributed by atoms with Crippen molar-refractivity contribution in [3.63, 3.8) is 0 Å². The third-order valence-electron chi connectivity index (χ3n) is 2.42. The second-order valence-electron chi connectivity index (χ2n) is 3.39. The number of thioether (sulfide) groups is 1. The average Bonchev–Trinajstić information content (AvgIpc) is 2.81. The molecule has 0 amide bonds. The minimum atomic E-state index is -0.415. The number of rotatable bonds is 3. The molecule has 1 aliphatic heterocycles. The van der Waals surface area contributed by atoms with Crippen LogP contribution >= 0.6 is 24.2 Å². The summed E-state index contributed by atoms with van der Waals surface area (Å²) in [6.45, 7) is 0.940. The quantitative estimate of drug-likeness (QED) is 0.678. The van der Waals surface area contributed by atoms with Crippen LogP contribution in [0.25, 0.3) is 0 Å². The largest absolute Gasteiger partial charge is 0.490 e. The predicted molar refractivity (Wildman–Crippen MR) is 70.1 cm³/mol. The summed E-state index contributed by atoms with van der Waals surface area (Å²) in [5.41, 5.74) is 0.948. The number of ether oxygens (including phenoxy) is 1. The predicted octanol–water partition coefficient (Wildman–Crippen LogP) is 2.36. The molecule has 1 aliphatic rings. The zero-order valence-electron chi connectivity index (χ0n) is 9.21. The molecule has 1 N–H and O–H groups in total. The summed E-state index contributed by atoms with van der Waals surface area (Å²) in [7, 11) is 1.44. The van der Waals surface area contributed by atoms with Crippen molar-refractivity contribution in [2.45, 2.75) is 5.37 Å². The average molecular weight is 277 g/mol. The molecule has 0 aliphatic carbocycles. The lowest BCUT2D eigenvalue weighted by Crippen LogP contribution is -2.12. The summed E-state index contributed by atoms with van der Waals surface area (Å²) in [6, 6.07) is 5.09. The second kappa shape index (κ2) is 6.09. The first kappa shape index (κ1) is 14.1.